The van der Waals surface area contributed by atoms with Gasteiger partial charge in [0, 0.05) is 45.5 Å². The lowest BCUT2D eigenvalue weighted by Crippen LogP contribution is -2.51. The fourth-order valence-corrected chi connectivity index (χ4v) is 3.43. The highest BCUT2D eigenvalue weighted by atomic mass is 32.2. The summed E-state index contributed by atoms with van der Waals surface area (Å²) in [7, 11) is -0.990. The molecule has 18 heavy (non-hydrogen) atoms. The summed E-state index contributed by atoms with van der Waals surface area (Å²) in [5, 5.41) is -0.381. The van der Waals surface area contributed by atoms with Crippen molar-refractivity contribution in [3.63, 3.8) is 0 Å². The van der Waals surface area contributed by atoms with Crippen LogP contribution in [-0.4, -0.2) is 87.0 Å². The van der Waals surface area contributed by atoms with Gasteiger partial charge in [-0.05, 0) is 13.5 Å². The number of carbonyl (C=O) groups is 1. The van der Waals surface area contributed by atoms with Gasteiger partial charge in [0.2, 0.25) is 0 Å². The first-order valence-electron chi connectivity index (χ1n) is 6.29. The lowest BCUT2D eigenvalue weighted by atomic mass is 10.3. The Morgan fingerprint density at radius 1 is 1.06 bits per heavy atom. The molecule has 0 saturated carbocycles. The maximum Gasteiger partial charge on any atom is 0.320 e. The Balaban J connectivity index is 1.91. The summed E-state index contributed by atoms with van der Waals surface area (Å²) in [4.78, 5) is 17.9. The minimum Gasteiger partial charge on any atom is -0.323 e. The summed E-state index contributed by atoms with van der Waals surface area (Å²) in [5.41, 5.74) is 0. The number of hydrogen-bond acceptors (Lipinski definition) is 4. The molecule has 0 bridgehead atoms. The lowest BCUT2D eigenvalue weighted by molar-refractivity contribution is 0.129. The van der Waals surface area contributed by atoms with Gasteiger partial charge < -0.3 is 14.7 Å². The molecule has 2 aliphatic heterocycles. The molecular weight excluding hydrogens is 254 g/mol. The molecule has 0 N–H and O–H groups in total. The van der Waals surface area contributed by atoms with Gasteiger partial charge in [0.05, 0.1) is 5.25 Å². The third-order valence-electron chi connectivity index (χ3n) is 3.79. The number of rotatable bonds is 1. The van der Waals surface area contributed by atoms with E-state index >= 15 is 0 Å². The Hall–Kier alpha value is -0.820. The molecule has 1 unspecified atom stereocenters. The molecular formula is C11H21N3O3S. The van der Waals surface area contributed by atoms with E-state index in [9.17, 15) is 13.2 Å². The number of hydrogen-bond donors (Lipinski definition) is 0. The maximum absolute atomic E-state index is 12.2. The molecule has 1 atom stereocenters. The number of likely N-dealkylation sites (N-methyl/N-ethyl adjacent to an activating group) is 1. The highest BCUT2D eigenvalue weighted by molar-refractivity contribution is 7.91. The van der Waals surface area contributed by atoms with Gasteiger partial charge in [0.15, 0.2) is 9.84 Å². The van der Waals surface area contributed by atoms with Crippen LogP contribution in [0.4, 0.5) is 4.79 Å². The highest BCUT2D eigenvalue weighted by Gasteiger charge is 2.34. The largest absolute Gasteiger partial charge is 0.323 e. The van der Waals surface area contributed by atoms with E-state index in [2.05, 4.69) is 4.90 Å². The van der Waals surface area contributed by atoms with Crippen molar-refractivity contribution < 1.29 is 13.2 Å². The topological polar surface area (TPSA) is 60.9 Å². The van der Waals surface area contributed by atoms with Crippen molar-refractivity contribution in [3.8, 4) is 0 Å². The summed E-state index contributed by atoms with van der Waals surface area (Å²) >= 11 is 0. The van der Waals surface area contributed by atoms with Crippen LogP contribution in [-0.2, 0) is 9.84 Å². The molecule has 2 aliphatic rings. The van der Waals surface area contributed by atoms with Crippen molar-refractivity contribution in [1.29, 1.82) is 0 Å². The first-order chi connectivity index (χ1) is 8.38. The predicted octanol–water partition coefficient (Wildman–Crippen LogP) is -0.527. The van der Waals surface area contributed by atoms with Crippen LogP contribution in [0.15, 0.2) is 0 Å². The second kappa shape index (κ2) is 5.05. The summed E-state index contributed by atoms with van der Waals surface area (Å²) in [6.45, 7) is 4.14. The Morgan fingerprint density at radius 2 is 1.67 bits per heavy atom. The molecule has 2 fully saturated rings. The Labute approximate surface area is 108 Å². The molecule has 2 saturated heterocycles. The average Bonchev–Trinajstić information content (AvgIpc) is 2.78. The zero-order chi connectivity index (χ0) is 13.3. The van der Waals surface area contributed by atoms with Crippen LogP contribution >= 0.6 is 0 Å². The number of carbonyl (C=O) groups excluding carboxylic acids is 1. The highest BCUT2D eigenvalue weighted by Crippen LogP contribution is 2.18. The van der Waals surface area contributed by atoms with Crippen LogP contribution in [0.3, 0.4) is 0 Å². The van der Waals surface area contributed by atoms with E-state index in [1.807, 2.05) is 11.9 Å². The standard InChI is InChI=1S/C11H21N3O3S/c1-12-5-7-13(8-6-12)11(15)14-4-3-10(9-14)18(2,16)17/h10H,3-9H2,1-2H3. The van der Waals surface area contributed by atoms with Gasteiger partial charge in [0.25, 0.3) is 0 Å². The van der Waals surface area contributed by atoms with Gasteiger partial charge in [-0.1, -0.05) is 0 Å². The Bertz CT molecular complexity index is 415. The first kappa shape index (κ1) is 13.6. The van der Waals surface area contributed by atoms with Gasteiger partial charge in [-0.3, -0.25) is 0 Å². The minimum atomic E-state index is -3.03. The van der Waals surface area contributed by atoms with E-state index in [4.69, 9.17) is 0 Å². The van der Waals surface area contributed by atoms with Crippen molar-refractivity contribution in [2.75, 3.05) is 52.6 Å². The zero-order valence-corrected chi connectivity index (χ0v) is 11.8. The van der Waals surface area contributed by atoms with E-state index < -0.39 is 9.84 Å². The van der Waals surface area contributed by atoms with Gasteiger partial charge in [0.1, 0.15) is 0 Å². The summed E-state index contributed by atoms with van der Waals surface area (Å²) in [6, 6.07) is -0.00532. The number of amides is 2. The molecule has 0 aromatic rings. The van der Waals surface area contributed by atoms with Crippen molar-refractivity contribution in [2.24, 2.45) is 0 Å². The minimum absolute atomic E-state index is 0.00532. The molecule has 2 heterocycles. The number of sulfone groups is 1. The monoisotopic (exact) mass is 275 g/mol. The molecule has 2 rings (SSSR count). The van der Waals surface area contributed by atoms with E-state index in [1.165, 1.54) is 6.26 Å². The smallest absolute Gasteiger partial charge is 0.320 e. The van der Waals surface area contributed by atoms with Crippen LogP contribution < -0.4 is 0 Å². The van der Waals surface area contributed by atoms with Crippen molar-refractivity contribution in [2.45, 2.75) is 11.7 Å². The van der Waals surface area contributed by atoms with Crippen LogP contribution in [0.1, 0.15) is 6.42 Å². The first-order valence-corrected chi connectivity index (χ1v) is 8.24. The van der Waals surface area contributed by atoms with E-state index in [-0.39, 0.29) is 11.3 Å². The van der Waals surface area contributed by atoms with E-state index in [0.29, 0.717) is 19.5 Å². The molecule has 7 heteroatoms. The second-order valence-corrected chi connectivity index (χ2v) is 7.58. The number of piperazine rings is 1. The molecule has 0 aromatic heterocycles. The fourth-order valence-electron chi connectivity index (χ4n) is 2.45. The number of urea groups is 1. The molecule has 0 aromatic carbocycles. The van der Waals surface area contributed by atoms with E-state index in [1.54, 1.807) is 4.90 Å². The molecule has 2 amide bonds. The van der Waals surface area contributed by atoms with Crippen molar-refractivity contribution in [3.05, 3.63) is 0 Å². The van der Waals surface area contributed by atoms with E-state index in [0.717, 1.165) is 26.2 Å². The summed E-state index contributed by atoms with van der Waals surface area (Å²) in [5.74, 6) is 0. The van der Waals surface area contributed by atoms with Crippen LogP contribution in [0.2, 0.25) is 0 Å². The zero-order valence-electron chi connectivity index (χ0n) is 11.0. The summed E-state index contributed by atoms with van der Waals surface area (Å²) < 4.78 is 22.9. The Kier molecular flexibility index (Phi) is 3.82. The molecule has 6 nitrogen and oxygen atoms in total. The van der Waals surface area contributed by atoms with Crippen LogP contribution in [0, 0.1) is 0 Å². The van der Waals surface area contributed by atoms with Crippen LogP contribution in [0.5, 0.6) is 0 Å². The Morgan fingerprint density at radius 3 is 2.17 bits per heavy atom. The second-order valence-electron chi connectivity index (χ2n) is 5.26. The third-order valence-corrected chi connectivity index (χ3v) is 5.39. The molecule has 0 radical (unpaired) electrons. The summed E-state index contributed by atoms with van der Waals surface area (Å²) in [6.07, 6.45) is 1.82. The van der Waals surface area contributed by atoms with Crippen LogP contribution in [0.25, 0.3) is 0 Å². The van der Waals surface area contributed by atoms with Gasteiger partial charge in [-0.25, -0.2) is 13.2 Å². The van der Waals surface area contributed by atoms with Gasteiger partial charge in [-0.15, -0.1) is 0 Å². The van der Waals surface area contributed by atoms with Gasteiger partial charge in [-0.2, -0.15) is 0 Å². The molecule has 104 valence electrons. The normalized spacial score (nSPS) is 26.7. The van der Waals surface area contributed by atoms with Crippen molar-refractivity contribution >= 4 is 15.9 Å². The fraction of sp³-hybridized carbons (Fsp3) is 0.909. The van der Waals surface area contributed by atoms with Crippen molar-refractivity contribution in [1.82, 2.24) is 14.7 Å². The predicted molar refractivity (Wildman–Crippen MR) is 69.3 cm³/mol. The average molecular weight is 275 g/mol. The molecule has 0 spiro atoms. The maximum atomic E-state index is 12.2. The lowest BCUT2D eigenvalue weighted by Gasteiger charge is -2.34. The number of nitrogens with zero attached hydrogens (tertiary/aromatic N) is 3. The SMILES string of the molecule is CN1CCN(C(=O)N2CCC(S(C)(=O)=O)C2)CC1. The quantitative estimate of drug-likeness (QED) is 0.645. The van der Waals surface area contributed by atoms with Gasteiger partial charge >= 0.3 is 6.03 Å². The number of likely N-dealkylation sites (tertiary alicyclic amines) is 1. The molecule has 0 aliphatic carbocycles. The third kappa shape index (κ3) is 2.95.